The lowest BCUT2D eigenvalue weighted by atomic mass is 10.1. The lowest BCUT2D eigenvalue weighted by Crippen LogP contribution is -2.28. The van der Waals surface area contributed by atoms with Crippen LogP contribution < -0.4 is 0 Å². The van der Waals surface area contributed by atoms with Crippen molar-refractivity contribution in [2.45, 2.75) is 22.1 Å². The zero-order chi connectivity index (χ0) is 11.3. The van der Waals surface area contributed by atoms with Crippen molar-refractivity contribution in [2.24, 2.45) is 17.3 Å². The molecule has 14 heavy (non-hydrogen) atoms. The number of alkyl halides is 3. The van der Waals surface area contributed by atoms with Gasteiger partial charge in [0.2, 0.25) is 0 Å². The molecule has 0 amide bonds. The van der Waals surface area contributed by atoms with Gasteiger partial charge in [0, 0.05) is 5.92 Å². The number of aliphatic carboxylic acids is 1. The van der Waals surface area contributed by atoms with Crippen molar-refractivity contribution < 1.29 is 15.0 Å². The van der Waals surface area contributed by atoms with Crippen molar-refractivity contribution in [3.63, 3.8) is 0 Å². The van der Waals surface area contributed by atoms with Crippen LogP contribution in [0.2, 0.25) is 0 Å². The molecule has 82 valence electrons. The maximum atomic E-state index is 10.9. The fourth-order valence-corrected chi connectivity index (χ4v) is 2.80. The molecule has 1 aliphatic rings. The maximum absolute atomic E-state index is 10.9. The van der Waals surface area contributed by atoms with Crippen molar-refractivity contribution in [3.05, 3.63) is 0 Å². The Balaban J connectivity index is 2.79. The van der Waals surface area contributed by atoms with Crippen molar-refractivity contribution >= 4 is 53.8 Å². The normalized spacial score (nSPS) is 32.4. The number of halogens is 3. The van der Waals surface area contributed by atoms with Crippen LogP contribution in [0.5, 0.6) is 0 Å². The van der Waals surface area contributed by atoms with Crippen molar-refractivity contribution in [1.82, 2.24) is 0 Å². The van der Waals surface area contributed by atoms with Gasteiger partial charge in [-0.3, -0.25) is 4.79 Å². The molecule has 0 aromatic heterocycles. The SMILES string of the molecule is CC1(C)[C@@H]([C@H](O)C(Br)(Br)Br)[C@@H]1C(=O)O. The summed E-state index contributed by atoms with van der Waals surface area (Å²) in [5.74, 6) is -1.58. The smallest absolute Gasteiger partial charge is 0.307 e. The van der Waals surface area contributed by atoms with E-state index in [0.717, 1.165) is 0 Å². The van der Waals surface area contributed by atoms with E-state index in [1.165, 1.54) is 0 Å². The molecule has 0 spiro atoms. The summed E-state index contributed by atoms with van der Waals surface area (Å²) in [6.45, 7) is 3.69. The molecule has 1 rings (SSSR count). The van der Waals surface area contributed by atoms with Crippen LogP contribution >= 0.6 is 47.8 Å². The van der Waals surface area contributed by atoms with E-state index in [-0.39, 0.29) is 11.3 Å². The highest BCUT2D eigenvalue weighted by molar-refractivity contribution is 9.39. The molecule has 1 aliphatic carbocycles. The number of hydrogen-bond donors (Lipinski definition) is 2. The Bertz CT molecular complexity index is 259. The summed E-state index contributed by atoms with van der Waals surface area (Å²) in [7, 11) is 0. The highest BCUT2D eigenvalue weighted by Gasteiger charge is 2.67. The number of rotatable bonds is 2. The van der Waals surface area contributed by atoms with E-state index in [4.69, 9.17) is 5.11 Å². The van der Waals surface area contributed by atoms with Gasteiger partial charge in [-0.15, -0.1) is 0 Å². The minimum atomic E-state index is -0.851. The molecule has 0 saturated heterocycles. The Morgan fingerprint density at radius 2 is 1.86 bits per heavy atom. The summed E-state index contributed by atoms with van der Waals surface area (Å²) in [6, 6.07) is 0. The first-order chi connectivity index (χ1) is 6.10. The zero-order valence-corrected chi connectivity index (χ0v) is 12.4. The fourth-order valence-electron chi connectivity index (χ4n) is 1.94. The number of aliphatic hydroxyl groups is 1. The van der Waals surface area contributed by atoms with Gasteiger partial charge in [0.15, 0.2) is 2.14 Å². The van der Waals surface area contributed by atoms with Gasteiger partial charge in [0.05, 0.1) is 12.0 Å². The number of carboxylic acid groups (broad SMARTS) is 1. The van der Waals surface area contributed by atoms with E-state index in [1.807, 2.05) is 13.8 Å². The van der Waals surface area contributed by atoms with E-state index < -0.39 is 20.1 Å². The first-order valence-corrected chi connectivity index (χ1v) is 6.45. The molecular weight excluding hydrogens is 384 g/mol. The molecule has 0 heterocycles. The van der Waals surface area contributed by atoms with E-state index >= 15 is 0 Å². The lowest BCUT2D eigenvalue weighted by Gasteiger charge is -2.21. The van der Waals surface area contributed by atoms with Gasteiger partial charge in [-0.05, 0) is 5.41 Å². The third-order valence-electron chi connectivity index (χ3n) is 2.85. The zero-order valence-electron chi connectivity index (χ0n) is 7.67. The van der Waals surface area contributed by atoms with Crippen LogP contribution in [0, 0.1) is 17.3 Å². The van der Waals surface area contributed by atoms with Gasteiger partial charge in [0.1, 0.15) is 0 Å². The second-order valence-corrected chi connectivity index (χ2v) is 11.1. The summed E-state index contributed by atoms with van der Waals surface area (Å²) in [6.07, 6.45) is -0.793. The molecule has 0 bridgehead atoms. The third kappa shape index (κ3) is 2.18. The highest BCUT2D eigenvalue weighted by Crippen LogP contribution is 2.63. The van der Waals surface area contributed by atoms with Gasteiger partial charge >= 0.3 is 5.97 Å². The summed E-state index contributed by atoms with van der Waals surface area (Å²) in [4.78, 5) is 10.9. The molecule has 0 radical (unpaired) electrons. The van der Waals surface area contributed by atoms with Crippen LogP contribution in [-0.2, 0) is 4.79 Å². The number of carbonyl (C=O) groups is 1. The Kier molecular flexibility index (Phi) is 3.43. The largest absolute Gasteiger partial charge is 0.481 e. The van der Waals surface area contributed by atoms with Gasteiger partial charge < -0.3 is 10.2 Å². The van der Waals surface area contributed by atoms with Gasteiger partial charge in [-0.25, -0.2) is 0 Å². The molecule has 0 unspecified atom stereocenters. The van der Waals surface area contributed by atoms with E-state index in [2.05, 4.69) is 47.8 Å². The fraction of sp³-hybridized carbons (Fsp3) is 0.875. The number of hydrogen-bond acceptors (Lipinski definition) is 2. The summed E-state index contributed by atoms with van der Waals surface area (Å²) < 4.78 is -0.806. The monoisotopic (exact) mass is 392 g/mol. The highest BCUT2D eigenvalue weighted by atomic mass is 80.0. The molecule has 0 aliphatic heterocycles. The van der Waals surface area contributed by atoms with E-state index in [0.29, 0.717) is 0 Å². The van der Waals surface area contributed by atoms with E-state index in [1.54, 1.807) is 0 Å². The molecule has 6 heteroatoms. The molecule has 1 saturated carbocycles. The second-order valence-electron chi connectivity index (χ2n) is 4.15. The van der Waals surface area contributed by atoms with Crippen molar-refractivity contribution in [2.75, 3.05) is 0 Å². The third-order valence-corrected chi connectivity index (χ3v) is 4.26. The Labute approximate surface area is 108 Å². The first kappa shape index (κ1) is 12.9. The van der Waals surface area contributed by atoms with E-state index in [9.17, 15) is 9.90 Å². The van der Waals surface area contributed by atoms with Crippen LogP contribution in [0.4, 0.5) is 0 Å². The van der Waals surface area contributed by atoms with Crippen LogP contribution in [0.25, 0.3) is 0 Å². The molecule has 1 fully saturated rings. The standard InChI is InChI=1S/C8H11Br3O3/c1-7(2)3(4(7)6(13)14)5(12)8(9,10)11/h3-5,12H,1-2H3,(H,13,14)/t3-,4-,5+/m1/s1. The summed E-state index contributed by atoms with van der Waals surface area (Å²) in [5, 5.41) is 18.8. The second kappa shape index (κ2) is 3.71. The molecule has 0 aromatic rings. The van der Waals surface area contributed by atoms with Crippen LogP contribution in [-0.4, -0.2) is 24.4 Å². The molecule has 0 aromatic carbocycles. The summed E-state index contributed by atoms with van der Waals surface area (Å²) in [5.41, 5.74) is -0.355. The van der Waals surface area contributed by atoms with Crippen LogP contribution in [0.15, 0.2) is 0 Å². The Morgan fingerprint density at radius 1 is 1.43 bits per heavy atom. The minimum Gasteiger partial charge on any atom is -0.481 e. The quantitative estimate of drug-likeness (QED) is 0.708. The van der Waals surface area contributed by atoms with Crippen molar-refractivity contribution in [3.8, 4) is 0 Å². The van der Waals surface area contributed by atoms with Crippen LogP contribution in [0.3, 0.4) is 0 Å². The van der Waals surface area contributed by atoms with Crippen molar-refractivity contribution in [1.29, 1.82) is 0 Å². The minimum absolute atomic E-state index is 0.252. The number of aliphatic hydroxyl groups excluding tert-OH is 1. The summed E-state index contributed by atoms with van der Waals surface area (Å²) >= 11 is 9.61. The molecular formula is C8H11Br3O3. The van der Waals surface area contributed by atoms with Gasteiger partial charge in [0.25, 0.3) is 0 Å². The average molecular weight is 395 g/mol. The number of carboxylic acids is 1. The predicted octanol–water partition coefficient (Wildman–Crippen LogP) is 2.54. The first-order valence-electron chi connectivity index (χ1n) is 4.07. The Hall–Kier alpha value is 0.870. The average Bonchev–Trinajstić information content (AvgIpc) is 2.49. The maximum Gasteiger partial charge on any atom is 0.307 e. The van der Waals surface area contributed by atoms with Crippen LogP contribution in [0.1, 0.15) is 13.8 Å². The Morgan fingerprint density at radius 3 is 2.07 bits per heavy atom. The van der Waals surface area contributed by atoms with Gasteiger partial charge in [-0.1, -0.05) is 61.6 Å². The molecule has 3 nitrogen and oxygen atoms in total. The van der Waals surface area contributed by atoms with Gasteiger partial charge in [-0.2, -0.15) is 0 Å². The predicted molar refractivity (Wildman–Crippen MR) is 63.9 cm³/mol. The molecule has 3 atom stereocenters. The molecule has 2 N–H and O–H groups in total. The topological polar surface area (TPSA) is 57.5 Å². The lowest BCUT2D eigenvalue weighted by molar-refractivity contribution is -0.139.